The van der Waals surface area contributed by atoms with Crippen LogP contribution in [0.15, 0.2) is 78.0 Å². The number of hydrogen-bond acceptors (Lipinski definition) is 5. The number of halogens is 1. The lowest BCUT2D eigenvalue weighted by molar-refractivity contribution is -0.113. The topological polar surface area (TPSA) is 80.0 Å². The van der Waals surface area contributed by atoms with Crippen molar-refractivity contribution in [1.82, 2.24) is 14.8 Å². The number of carbonyl (C=O) groups is 1. The van der Waals surface area contributed by atoms with Crippen molar-refractivity contribution in [3.8, 4) is 17.1 Å². The van der Waals surface area contributed by atoms with Crippen LogP contribution < -0.4 is 5.32 Å². The van der Waals surface area contributed by atoms with E-state index in [4.69, 9.17) is 11.6 Å². The van der Waals surface area contributed by atoms with Gasteiger partial charge in [-0.05, 0) is 48.7 Å². The van der Waals surface area contributed by atoms with Crippen LogP contribution in [0.25, 0.3) is 11.4 Å². The fourth-order valence-corrected chi connectivity index (χ4v) is 4.34. The molecule has 3 aromatic carbocycles. The van der Waals surface area contributed by atoms with Crippen LogP contribution in [0, 0.1) is 6.92 Å². The number of hydrogen-bond donors (Lipinski definition) is 2. The van der Waals surface area contributed by atoms with Crippen LogP contribution in [0.1, 0.15) is 11.1 Å². The highest BCUT2D eigenvalue weighted by atomic mass is 35.5. The molecule has 2 N–H and O–H groups in total. The molecule has 0 bridgehead atoms. The van der Waals surface area contributed by atoms with Crippen molar-refractivity contribution in [3.05, 3.63) is 88.9 Å². The number of phenolic OH excluding ortho intramolecular Hbond substituents is 1. The number of nitrogens with zero attached hydrogens (tertiary/aromatic N) is 3. The first-order valence-electron chi connectivity index (χ1n) is 10.5. The Morgan fingerprint density at radius 3 is 2.58 bits per heavy atom. The molecule has 0 atom stereocenters. The molecule has 0 aliphatic rings. The predicted molar refractivity (Wildman–Crippen MR) is 133 cm³/mol. The maximum absolute atomic E-state index is 12.6. The van der Waals surface area contributed by atoms with Crippen molar-refractivity contribution in [2.24, 2.45) is 0 Å². The first-order valence-corrected chi connectivity index (χ1v) is 11.8. The summed E-state index contributed by atoms with van der Waals surface area (Å²) >= 11 is 7.46. The van der Waals surface area contributed by atoms with Gasteiger partial charge in [-0.2, -0.15) is 0 Å². The first kappa shape index (κ1) is 22.9. The molecular formula is C25H23ClN4O2S. The first-order chi connectivity index (χ1) is 16.0. The second-order valence-corrected chi connectivity index (χ2v) is 8.81. The van der Waals surface area contributed by atoms with Gasteiger partial charge in [-0.1, -0.05) is 71.9 Å². The summed E-state index contributed by atoms with van der Waals surface area (Å²) in [7, 11) is 0. The Morgan fingerprint density at radius 2 is 1.79 bits per heavy atom. The van der Waals surface area contributed by atoms with E-state index >= 15 is 0 Å². The maximum atomic E-state index is 12.6. The van der Waals surface area contributed by atoms with Crippen LogP contribution in [-0.2, 0) is 17.8 Å². The van der Waals surface area contributed by atoms with Gasteiger partial charge < -0.3 is 15.0 Å². The van der Waals surface area contributed by atoms with Gasteiger partial charge >= 0.3 is 0 Å². The van der Waals surface area contributed by atoms with E-state index in [1.54, 1.807) is 30.3 Å². The number of amides is 1. The predicted octanol–water partition coefficient (Wildman–Crippen LogP) is 5.59. The molecular weight excluding hydrogens is 456 g/mol. The summed E-state index contributed by atoms with van der Waals surface area (Å²) in [5.41, 5.74) is 3.29. The number of carbonyl (C=O) groups excluding carboxylic acids is 1. The minimum Gasteiger partial charge on any atom is -0.507 e. The molecule has 6 nitrogen and oxygen atoms in total. The van der Waals surface area contributed by atoms with Crippen molar-refractivity contribution >= 4 is 35.0 Å². The maximum Gasteiger partial charge on any atom is 0.234 e. The van der Waals surface area contributed by atoms with Gasteiger partial charge in [0.2, 0.25) is 5.91 Å². The molecule has 0 aliphatic heterocycles. The molecule has 4 aromatic rings. The summed E-state index contributed by atoms with van der Waals surface area (Å²) in [4.78, 5) is 12.6. The number of anilines is 1. The van der Waals surface area contributed by atoms with Gasteiger partial charge in [-0.25, -0.2) is 0 Å². The summed E-state index contributed by atoms with van der Waals surface area (Å²) < 4.78 is 1.95. The molecule has 0 radical (unpaired) electrons. The number of aromatic hydroxyl groups is 1. The van der Waals surface area contributed by atoms with E-state index < -0.39 is 0 Å². The molecule has 1 aromatic heterocycles. The Balaban J connectivity index is 1.53. The average molecular weight is 479 g/mol. The number of phenols is 1. The van der Waals surface area contributed by atoms with Gasteiger partial charge in [0.25, 0.3) is 0 Å². The number of rotatable bonds is 8. The highest BCUT2D eigenvalue weighted by Gasteiger charge is 2.18. The zero-order valence-corrected chi connectivity index (χ0v) is 19.6. The van der Waals surface area contributed by atoms with Gasteiger partial charge in [0, 0.05) is 17.3 Å². The van der Waals surface area contributed by atoms with Gasteiger partial charge in [-0.3, -0.25) is 4.79 Å². The lowest BCUT2D eigenvalue weighted by Crippen LogP contribution is -2.15. The monoisotopic (exact) mass is 478 g/mol. The van der Waals surface area contributed by atoms with Crippen molar-refractivity contribution in [1.29, 1.82) is 0 Å². The zero-order valence-electron chi connectivity index (χ0n) is 18.0. The van der Waals surface area contributed by atoms with Crippen molar-refractivity contribution in [2.75, 3.05) is 11.1 Å². The molecule has 4 rings (SSSR count). The third kappa shape index (κ3) is 5.56. The molecule has 8 heteroatoms. The Bertz CT molecular complexity index is 1260. The minimum absolute atomic E-state index is 0.136. The molecule has 1 heterocycles. The zero-order chi connectivity index (χ0) is 23.2. The van der Waals surface area contributed by atoms with E-state index in [1.165, 1.54) is 17.3 Å². The van der Waals surface area contributed by atoms with Gasteiger partial charge in [0.05, 0.1) is 11.3 Å². The number of nitrogens with one attached hydrogen (secondary N) is 1. The molecule has 0 saturated carbocycles. The Hall–Kier alpha value is -3.29. The van der Waals surface area contributed by atoms with Gasteiger partial charge in [0.1, 0.15) is 5.75 Å². The summed E-state index contributed by atoms with van der Waals surface area (Å²) in [6.07, 6.45) is 0.765. The second kappa shape index (κ2) is 10.6. The Kier molecular flexibility index (Phi) is 7.32. The van der Waals surface area contributed by atoms with E-state index in [0.29, 0.717) is 33.8 Å². The van der Waals surface area contributed by atoms with E-state index in [2.05, 4.69) is 27.6 Å². The number of thioether (sulfide) groups is 1. The summed E-state index contributed by atoms with van der Waals surface area (Å²) in [6.45, 7) is 2.47. The Labute approximate surface area is 201 Å². The van der Waals surface area contributed by atoms with E-state index in [1.807, 2.05) is 41.8 Å². The minimum atomic E-state index is -0.160. The lowest BCUT2D eigenvalue weighted by Gasteiger charge is -2.12. The fraction of sp³-hybridized carbons (Fsp3) is 0.160. The van der Waals surface area contributed by atoms with E-state index in [9.17, 15) is 9.90 Å². The highest BCUT2D eigenvalue weighted by Crippen LogP contribution is 2.30. The SMILES string of the molecule is Cc1c(Cl)cccc1NC(=O)CSc1nnc(-c2ccccc2O)n1CCc1ccccc1. The van der Waals surface area contributed by atoms with Crippen molar-refractivity contribution in [2.45, 2.75) is 25.0 Å². The number of aromatic nitrogens is 3. The third-order valence-corrected chi connectivity index (χ3v) is 6.58. The van der Waals surface area contributed by atoms with Crippen LogP contribution in [0.2, 0.25) is 5.02 Å². The molecule has 0 aliphatic carbocycles. The van der Waals surface area contributed by atoms with Crippen LogP contribution in [0.5, 0.6) is 5.75 Å². The van der Waals surface area contributed by atoms with Crippen molar-refractivity contribution < 1.29 is 9.90 Å². The molecule has 0 fully saturated rings. The molecule has 0 saturated heterocycles. The molecule has 33 heavy (non-hydrogen) atoms. The fourth-order valence-electron chi connectivity index (χ4n) is 3.40. The van der Waals surface area contributed by atoms with Crippen LogP contribution in [0.4, 0.5) is 5.69 Å². The number of para-hydroxylation sites is 1. The van der Waals surface area contributed by atoms with Crippen LogP contribution >= 0.6 is 23.4 Å². The Morgan fingerprint density at radius 1 is 1.03 bits per heavy atom. The van der Waals surface area contributed by atoms with Crippen molar-refractivity contribution in [3.63, 3.8) is 0 Å². The van der Waals surface area contributed by atoms with Crippen LogP contribution in [0.3, 0.4) is 0 Å². The standard InChI is InChI=1S/C25H23ClN4O2S/c1-17-20(26)11-7-12-21(17)27-23(32)16-33-25-29-28-24(19-10-5-6-13-22(19)31)30(25)15-14-18-8-3-2-4-9-18/h2-13,31H,14-16H2,1H3,(H,27,32). The molecule has 168 valence electrons. The largest absolute Gasteiger partial charge is 0.507 e. The molecule has 1 amide bonds. The summed E-state index contributed by atoms with van der Waals surface area (Å²) in [5, 5.41) is 23.1. The highest BCUT2D eigenvalue weighted by molar-refractivity contribution is 7.99. The quantitative estimate of drug-likeness (QED) is 0.323. The van der Waals surface area contributed by atoms with E-state index in [-0.39, 0.29) is 17.4 Å². The number of benzene rings is 3. The summed E-state index contributed by atoms with van der Waals surface area (Å²) in [5.74, 6) is 0.706. The van der Waals surface area contributed by atoms with E-state index in [0.717, 1.165) is 12.0 Å². The second-order valence-electron chi connectivity index (χ2n) is 7.46. The average Bonchev–Trinajstić information content (AvgIpc) is 3.23. The normalized spacial score (nSPS) is 10.8. The smallest absolute Gasteiger partial charge is 0.234 e. The van der Waals surface area contributed by atoms with Crippen LogP contribution in [-0.4, -0.2) is 31.5 Å². The number of aryl methyl sites for hydroxylation is 1. The molecule has 0 unspecified atom stereocenters. The third-order valence-electron chi connectivity index (χ3n) is 5.20. The van der Waals surface area contributed by atoms with Gasteiger partial charge in [-0.15, -0.1) is 10.2 Å². The van der Waals surface area contributed by atoms with Gasteiger partial charge in [0.15, 0.2) is 11.0 Å². The summed E-state index contributed by atoms with van der Waals surface area (Å²) in [6, 6.07) is 22.6. The molecule has 0 spiro atoms. The lowest BCUT2D eigenvalue weighted by atomic mass is 10.1.